The Morgan fingerprint density at radius 1 is 1.50 bits per heavy atom. The maximum absolute atomic E-state index is 6.46. The van der Waals surface area contributed by atoms with Gasteiger partial charge in [0.25, 0.3) is 0 Å². The van der Waals surface area contributed by atoms with Crippen molar-refractivity contribution < 1.29 is 0 Å². The van der Waals surface area contributed by atoms with E-state index >= 15 is 0 Å². The first kappa shape index (κ1) is 8.48. The molecule has 3 heteroatoms. The largest absolute Gasteiger partial charge is 0.321 e. The zero-order valence-electron chi connectivity index (χ0n) is 8.83. The lowest BCUT2D eigenvalue weighted by Gasteiger charge is -2.25. The van der Waals surface area contributed by atoms with Crippen molar-refractivity contribution in [1.82, 2.24) is 9.78 Å². The fourth-order valence-corrected chi connectivity index (χ4v) is 3.04. The molecule has 1 aromatic rings. The van der Waals surface area contributed by atoms with Crippen molar-refractivity contribution >= 4 is 0 Å². The number of aromatic nitrogens is 2. The van der Waals surface area contributed by atoms with Crippen LogP contribution in [0.4, 0.5) is 0 Å². The van der Waals surface area contributed by atoms with E-state index in [1.165, 1.54) is 30.5 Å². The van der Waals surface area contributed by atoms with Crippen LogP contribution >= 0.6 is 0 Å². The van der Waals surface area contributed by atoms with E-state index in [0.29, 0.717) is 0 Å². The van der Waals surface area contributed by atoms with Gasteiger partial charge in [-0.2, -0.15) is 5.10 Å². The van der Waals surface area contributed by atoms with E-state index in [-0.39, 0.29) is 5.54 Å². The molecule has 76 valence electrons. The minimum atomic E-state index is -0.0636. The third-order valence-corrected chi connectivity index (χ3v) is 4.09. The van der Waals surface area contributed by atoms with Crippen molar-refractivity contribution in [3.8, 4) is 0 Å². The van der Waals surface area contributed by atoms with Crippen LogP contribution in [-0.4, -0.2) is 9.78 Å². The number of fused-ring (bicyclic) bond motifs is 1. The number of nitrogens with zero attached hydrogens (tertiary/aromatic N) is 2. The summed E-state index contributed by atoms with van der Waals surface area (Å²) >= 11 is 0. The molecule has 0 bridgehead atoms. The highest BCUT2D eigenvalue weighted by atomic mass is 15.3. The summed E-state index contributed by atoms with van der Waals surface area (Å²) in [5, 5.41) is 4.28. The smallest absolute Gasteiger partial charge is 0.0543 e. The second-order valence-corrected chi connectivity index (χ2v) is 5.09. The van der Waals surface area contributed by atoms with Crippen molar-refractivity contribution in [3.05, 3.63) is 17.5 Å². The van der Waals surface area contributed by atoms with Gasteiger partial charge in [-0.15, -0.1) is 0 Å². The van der Waals surface area contributed by atoms with Gasteiger partial charge in [0.2, 0.25) is 0 Å². The lowest BCUT2D eigenvalue weighted by molar-refractivity contribution is 0.408. The molecule has 2 aliphatic rings. The van der Waals surface area contributed by atoms with Gasteiger partial charge in [0.05, 0.1) is 6.20 Å². The quantitative estimate of drug-likeness (QED) is 0.727. The molecule has 1 heterocycles. The molecule has 2 aliphatic carbocycles. The molecule has 2 fully saturated rings. The Hall–Kier alpha value is -0.830. The average molecular weight is 191 g/mol. The predicted molar refractivity (Wildman–Crippen MR) is 54.6 cm³/mol. The fourth-order valence-electron chi connectivity index (χ4n) is 3.04. The molecule has 3 rings (SSSR count). The second-order valence-electron chi connectivity index (χ2n) is 5.09. The zero-order valence-corrected chi connectivity index (χ0v) is 8.83. The maximum Gasteiger partial charge on any atom is 0.0543 e. The zero-order chi connectivity index (χ0) is 9.92. The standard InChI is InChI=1S/C11H17N3/c1-7-10(6-13-14(7)2)11(12)4-8-3-9(8)5-11/h6,8-9H,3-5,12H2,1-2H3. The molecule has 2 N–H and O–H groups in total. The third kappa shape index (κ3) is 0.989. The highest BCUT2D eigenvalue weighted by molar-refractivity contribution is 5.29. The molecule has 0 spiro atoms. The first-order valence-electron chi connectivity index (χ1n) is 5.38. The monoisotopic (exact) mass is 191 g/mol. The minimum Gasteiger partial charge on any atom is -0.321 e. The lowest BCUT2D eigenvalue weighted by Crippen LogP contribution is -2.35. The van der Waals surface area contributed by atoms with E-state index in [4.69, 9.17) is 5.73 Å². The summed E-state index contributed by atoms with van der Waals surface area (Å²) in [5.74, 6) is 1.83. The van der Waals surface area contributed by atoms with Gasteiger partial charge >= 0.3 is 0 Å². The predicted octanol–water partition coefficient (Wildman–Crippen LogP) is 1.31. The van der Waals surface area contributed by atoms with Gasteiger partial charge in [-0.25, -0.2) is 0 Å². The van der Waals surface area contributed by atoms with Gasteiger partial charge in [-0.05, 0) is 38.0 Å². The van der Waals surface area contributed by atoms with Crippen molar-refractivity contribution in [1.29, 1.82) is 0 Å². The molecule has 2 saturated carbocycles. The Balaban J connectivity index is 1.98. The van der Waals surface area contributed by atoms with Gasteiger partial charge in [-0.3, -0.25) is 4.68 Å². The Morgan fingerprint density at radius 2 is 2.14 bits per heavy atom. The van der Waals surface area contributed by atoms with Crippen LogP contribution in [0, 0.1) is 18.8 Å². The summed E-state index contributed by atoms with van der Waals surface area (Å²) in [4.78, 5) is 0. The molecule has 0 saturated heterocycles. The van der Waals surface area contributed by atoms with Crippen LogP contribution in [-0.2, 0) is 12.6 Å². The molecular weight excluding hydrogens is 174 g/mol. The van der Waals surface area contributed by atoms with E-state index in [9.17, 15) is 0 Å². The van der Waals surface area contributed by atoms with E-state index in [0.717, 1.165) is 11.8 Å². The normalized spacial score (nSPS) is 39.9. The topological polar surface area (TPSA) is 43.8 Å². The summed E-state index contributed by atoms with van der Waals surface area (Å²) in [5.41, 5.74) is 8.90. The van der Waals surface area contributed by atoms with Gasteiger partial charge < -0.3 is 5.73 Å². The molecule has 0 amide bonds. The van der Waals surface area contributed by atoms with E-state index in [1.807, 2.05) is 17.9 Å². The molecule has 0 radical (unpaired) electrons. The van der Waals surface area contributed by atoms with Crippen molar-refractivity contribution in [2.24, 2.45) is 24.6 Å². The molecule has 0 aliphatic heterocycles. The maximum atomic E-state index is 6.46. The molecular formula is C11H17N3. The van der Waals surface area contributed by atoms with Crippen molar-refractivity contribution in [2.45, 2.75) is 31.7 Å². The van der Waals surface area contributed by atoms with Crippen LogP contribution in [0.5, 0.6) is 0 Å². The summed E-state index contributed by atoms with van der Waals surface area (Å²) in [6, 6.07) is 0. The van der Waals surface area contributed by atoms with Crippen molar-refractivity contribution in [3.63, 3.8) is 0 Å². The summed E-state index contributed by atoms with van der Waals surface area (Å²) in [6.45, 7) is 2.11. The Labute approximate surface area is 84.3 Å². The molecule has 2 unspecified atom stereocenters. The van der Waals surface area contributed by atoms with Crippen LogP contribution < -0.4 is 5.73 Å². The highest BCUT2D eigenvalue weighted by Gasteiger charge is 2.53. The summed E-state index contributed by atoms with van der Waals surface area (Å²) < 4.78 is 1.92. The second kappa shape index (κ2) is 2.40. The van der Waals surface area contributed by atoms with Gasteiger partial charge in [0.15, 0.2) is 0 Å². The average Bonchev–Trinajstić information content (AvgIpc) is 2.58. The first-order chi connectivity index (χ1) is 6.60. The van der Waals surface area contributed by atoms with E-state index in [2.05, 4.69) is 12.0 Å². The van der Waals surface area contributed by atoms with Gasteiger partial charge in [-0.1, -0.05) is 0 Å². The van der Waals surface area contributed by atoms with E-state index < -0.39 is 0 Å². The first-order valence-corrected chi connectivity index (χ1v) is 5.38. The molecule has 2 atom stereocenters. The number of rotatable bonds is 1. The van der Waals surface area contributed by atoms with Gasteiger partial charge in [0.1, 0.15) is 0 Å². The molecule has 3 nitrogen and oxygen atoms in total. The number of nitrogens with two attached hydrogens (primary N) is 1. The summed E-state index contributed by atoms with van der Waals surface area (Å²) in [6.07, 6.45) is 5.72. The van der Waals surface area contributed by atoms with Crippen molar-refractivity contribution in [2.75, 3.05) is 0 Å². The van der Waals surface area contributed by atoms with Crippen LogP contribution in [0.15, 0.2) is 6.20 Å². The van der Waals surface area contributed by atoms with E-state index in [1.54, 1.807) is 0 Å². The Kier molecular flexibility index (Phi) is 1.45. The van der Waals surface area contributed by atoms with Gasteiger partial charge in [0, 0.05) is 23.8 Å². The van der Waals surface area contributed by atoms with Crippen LogP contribution in [0.3, 0.4) is 0 Å². The lowest BCUT2D eigenvalue weighted by atomic mass is 9.87. The SMILES string of the molecule is Cc1c(C2(N)CC3CC3C2)cnn1C. The molecule has 14 heavy (non-hydrogen) atoms. The number of hydrogen-bond acceptors (Lipinski definition) is 2. The highest BCUT2D eigenvalue weighted by Crippen LogP contribution is 2.58. The molecule has 1 aromatic heterocycles. The van der Waals surface area contributed by atoms with Crippen LogP contribution in [0.25, 0.3) is 0 Å². The Bertz CT molecular complexity index is 370. The Morgan fingerprint density at radius 3 is 2.64 bits per heavy atom. The molecule has 0 aromatic carbocycles. The summed E-state index contributed by atoms with van der Waals surface area (Å²) in [7, 11) is 1.98. The minimum absolute atomic E-state index is 0.0636. The fraction of sp³-hybridized carbons (Fsp3) is 0.727. The number of aryl methyl sites for hydroxylation is 1. The number of hydrogen-bond donors (Lipinski definition) is 1. The van der Waals surface area contributed by atoms with Crippen LogP contribution in [0.1, 0.15) is 30.5 Å². The van der Waals surface area contributed by atoms with Crippen LogP contribution in [0.2, 0.25) is 0 Å². The third-order valence-electron chi connectivity index (χ3n) is 4.09.